The summed E-state index contributed by atoms with van der Waals surface area (Å²) in [6.07, 6.45) is 0. The van der Waals surface area contributed by atoms with Crippen LogP contribution in [0, 0.1) is 6.57 Å². The summed E-state index contributed by atoms with van der Waals surface area (Å²) in [6, 6.07) is 7.31. The molecule has 0 heterocycles. The quantitative estimate of drug-likeness (QED) is 0.563. The Balaban J connectivity index is 2.98. The molecule has 0 fully saturated rings. The van der Waals surface area contributed by atoms with E-state index >= 15 is 0 Å². The van der Waals surface area contributed by atoms with E-state index in [1.807, 2.05) is 31.2 Å². The average molecular weight is 166 g/mol. The standard InChI is InChI=1S/C9H8ClN/c1-7(11-2)8-4-3-5-9(10)6-8/h3-7H,1H3/t7-/m1/s1. The smallest absolute Gasteiger partial charge is 0.246 e. The zero-order valence-corrected chi connectivity index (χ0v) is 6.97. The first kappa shape index (κ1) is 8.10. The van der Waals surface area contributed by atoms with E-state index in [4.69, 9.17) is 18.2 Å². The van der Waals surface area contributed by atoms with Crippen LogP contribution in [0.3, 0.4) is 0 Å². The van der Waals surface area contributed by atoms with Crippen molar-refractivity contribution in [3.05, 3.63) is 46.3 Å². The van der Waals surface area contributed by atoms with Gasteiger partial charge in [0.05, 0.1) is 0 Å². The molecule has 0 unspecified atom stereocenters. The van der Waals surface area contributed by atoms with Gasteiger partial charge >= 0.3 is 0 Å². The predicted octanol–water partition coefficient (Wildman–Crippen LogP) is 3.32. The average Bonchev–Trinajstić information content (AvgIpc) is 2.03. The van der Waals surface area contributed by atoms with Crippen molar-refractivity contribution in [2.75, 3.05) is 0 Å². The minimum absolute atomic E-state index is 0.0892. The van der Waals surface area contributed by atoms with Gasteiger partial charge in [-0.1, -0.05) is 23.7 Å². The van der Waals surface area contributed by atoms with Crippen molar-refractivity contribution >= 4 is 11.6 Å². The van der Waals surface area contributed by atoms with Crippen LogP contribution in [0.1, 0.15) is 18.5 Å². The second-order valence-corrected chi connectivity index (χ2v) is 2.80. The van der Waals surface area contributed by atoms with Gasteiger partial charge in [-0.25, -0.2) is 6.57 Å². The van der Waals surface area contributed by atoms with Crippen molar-refractivity contribution in [2.24, 2.45) is 0 Å². The maximum Gasteiger partial charge on any atom is 0.246 e. The largest absolute Gasteiger partial charge is 0.309 e. The fourth-order valence-electron chi connectivity index (χ4n) is 0.841. The van der Waals surface area contributed by atoms with Gasteiger partial charge in [0.25, 0.3) is 0 Å². The molecule has 1 atom stereocenters. The Labute approximate surface area is 71.4 Å². The Morgan fingerprint density at radius 3 is 2.82 bits per heavy atom. The third-order valence-electron chi connectivity index (χ3n) is 1.52. The summed E-state index contributed by atoms with van der Waals surface area (Å²) in [7, 11) is 0. The highest BCUT2D eigenvalue weighted by Gasteiger charge is 2.06. The van der Waals surface area contributed by atoms with E-state index in [1.165, 1.54) is 0 Å². The summed E-state index contributed by atoms with van der Waals surface area (Å²) in [6.45, 7) is 8.66. The molecule has 1 rings (SSSR count). The molecule has 1 aromatic rings. The lowest BCUT2D eigenvalue weighted by Gasteiger charge is -1.98. The molecule has 0 N–H and O–H groups in total. The van der Waals surface area contributed by atoms with Gasteiger partial charge in [-0.2, -0.15) is 0 Å². The Bertz CT molecular complexity index is 288. The van der Waals surface area contributed by atoms with Crippen LogP contribution >= 0.6 is 11.6 Å². The highest BCUT2D eigenvalue weighted by Crippen LogP contribution is 2.19. The number of rotatable bonds is 1. The first-order valence-electron chi connectivity index (χ1n) is 3.36. The van der Waals surface area contributed by atoms with Crippen molar-refractivity contribution in [3.8, 4) is 0 Å². The minimum Gasteiger partial charge on any atom is -0.309 e. The third kappa shape index (κ3) is 1.96. The van der Waals surface area contributed by atoms with E-state index in [0.717, 1.165) is 5.56 Å². The lowest BCUT2D eigenvalue weighted by atomic mass is 10.1. The molecular formula is C9H8ClN. The number of halogens is 1. The Hall–Kier alpha value is -1.00. The van der Waals surface area contributed by atoms with Crippen molar-refractivity contribution in [2.45, 2.75) is 13.0 Å². The SMILES string of the molecule is [C-]#[N+][C@H](C)c1cccc(Cl)c1. The topological polar surface area (TPSA) is 4.36 Å². The molecule has 11 heavy (non-hydrogen) atoms. The number of hydrogen-bond acceptors (Lipinski definition) is 0. The van der Waals surface area contributed by atoms with Gasteiger partial charge in [-0.3, -0.25) is 0 Å². The molecule has 0 saturated carbocycles. The van der Waals surface area contributed by atoms with Gasteiger partial charge in [0, 0.05) is 17.5 Å². The Kier molecular flexibility index (Phi) is 2.51. The van der Waals surface area contributed by atoms with Crippen molar-refractivity contribution in [3.63, 3.8) is 0 Å². The molecule has 0 spiro atoms. The lowest BCUT2D eigenvalue weighted by Crippen LogP contribution is -1.84. The third-order valence-corrected chi connectivity index (χ3v) is 1.76. The summed E-state index contributed by atoms with van der Waals surface area (Å²) >= 11 is 5.74. The van der Waals surface area contributed by atoms with Crippen molar-refractivity contribution in [1.82, 2.24) is 0 Å². The highest BCUT2D eigenvalue weighted by molar-refractivity contribution is 6.30. The van der Waals surface area contributed by atoms with Gasteiger partial charge in [0.15, 0.2) is 0 Å². The summed E-state index contributed by atoms with van der Waals surface area (Å²) in [5.74, 6) is 0. The molecule has 0 amide bonds. The van der Waals surface area contributed by atoms with Crippen LogP contribution in [0.4, 0.5) is 0 Å². The molecule has 56 valence electrons. The van der Waals surface area contributed by atoms with E-state index in [1.54, 1.807) is 0 Å². The van der Waals surface area contributed by atoms with Crippen LogP contribution in [0.5, 0.6) is 0 Å². The maximum absolute atomic E-state index is 6.80. The Morgan fingerprint density at radius 1 is 1.55 bits per heavy atom. The fraction of sp³-hybridized carbons (Fsp3) is 0.222. The Morgan fingerprint density at radius 2 is 2.27 bits per heavy atom. The van der Waals surface area contributed by atoms with Crippen LogP contribution in [0.15, 0.2) is 24.3 Å². The van der Waals surface area contributed by atoms with Crippen LogP contribution < -0.4 is 0 Å². The molecule has 0 bridgehead atoms. The molecule has 0 radical (unpaired) electrons. The molecule has 0 aliphatic rings. The van der Waals surface area contributed by atoms with Gasteiger partial charge in [-0.05, 0) is 12.1 Å². The van der Waals surface area contributed by atoms with E-state index in [9.17, 15) is 0 Å². The maximum atomic E-state index is 6.80. The highest BCUT2D eigenvalue weighted by atomic mass is 35.5. The van der Waals surface area contributed by atoms with E-state index in [2.05, 4.69) is 4.85 Å². The van der Waals surface area contributed by atoms with Gasteiger partial charge in [-0.15, -0.1) is 0 Å². The van der Waals surface area contributed by atoms with Crippen LogP contribution in [-0.4, -0.2) is 0 Å². The molecule has 0 saturated heterocycles. The lowest BCUT2D eigenvalue weighted by molar-refractivity contribution is 0.962. The number of hydrogen-bond donors (Lipinski definition) is 0. The van der Waals surface area contributed by atoms with Gasteiger partial charge in [0.1, 0.15) is 0 Å². The fourth-order valence-corrected chi connectivity index (χ4v) is 1.04. The van der Waals surface area contributed by atoms with Crippen molar-refractivity contribution in [1.29, 1.82) is 0 Å². The molecule has 0 aliphatic carbocycles. The zero-order valence-electron chi connectivity index (χ0n) is 6.21. The monoisotopic (exact) mass is 165 g/mol. The second kappa shape index (κ2) is 3.41. The molecule has 1 aromatic carbocycles. The zero-order chi connectivity index (χ0) is 8.27. The van der Waals surface area contributed by atoms with E-state index < -0.39 is 0 Å². The van der Waals surface area contributed by atoms with Crippen LogP contribution in [-0.2, 0) is 0 Å². The van der Waals surface area contributed by atoms with Gasteiger partial charge < -0.3 is 4.85 Å². The molecule has 2 heteroatoms. The molecule has 0 aliphatic heterocycles. The summed E-state index contributed by atoms with van der Waals surface area (Å²) < 4.78 is 0. The van der Waals surface area contributed by atoms with Crippen LogP contribution in [0.2, 0.25) is 5.02 Å². The molecule has 0 aromatic heterocycles. The first-order valence-corrected chi connectivity index (χ1v) is 3.74. The second-order valence-electron chi connectivity index (χ2n) is 2.36. The molecular weight excluding hydrogens is 158 g/mol. The summed E-state index contributed by atoms with van der Waals surface area (Å²) in [5, 5.41) is 0.693. The normalized spacial score (nSPS) is 12.1. The van der Waals surface area contributed by atoms with E-state index in [-0.39, 0.29) is 6.04 Å². The minimum atomic E-state index is -0.0892. The van der Waals surface area contributed by atoms with Crippen LogP contribution in [0.25, 0.3) is 4.85 Å². The number of benzene rings is 1. The first-order chi connectivity index (χ1) is 5.24. The van der Waals surface area contributed by atoms with Crippen molar-refractivity contribution < 1.29 is 0 Å². The molecule has 1 nitrogen and oxygen atoms in total. The summed E-state index contributed by atoms with van der Waals surface area (Å²) in [4.78, 5) is 3.39. The predicted molar refractivity (Wildman–Crippen MR) is 46.5 cm³/mol. The van der Waals surface area contributed by atoms with E-state index in [0.29, 0.717) is 5.02 Å². The summed E-state index contributed by atoms with van der Waals surface area (Å²) in [5.41, 5.74) is 0.979. The number of nitrogens with zero attached hydrogens (tertiary/aromatic N) is 1. The van der Waals surface area contributed by atoms with Gasteiger partial charge in [0.2, 0.25) is 6.04 Å².